The molecule has 0 saturated heterocycles. The van der Waals surface area contributed by atoms with Crippen molar-refractivity contribution in [2.75, 3.05) is 11.8 Å². The van der Waals surface area contributed by atoms with Crippen LogP contribution in [0.2, 0.25) is 0 Å². The van der Waals surface area contributed by atoms with Gasteiger partial charge in [-0.2, -0.15) is 0 Å². The summed E-state index contributed by atoms with van der Waals surface area (Å²) in [5, 5.41) is 8.78. The van der Waals surface area contributed by atoms with Gasteiger partial charge in [-0.3, -0.25) is 9.71 Å². The number of anilines is 1. The van der Waals surface area contributed by atoms with E-state index in [2.05, 4.69) is 24.8 Å². The number of nitrogens with one attached hydrogen (secondary N) is 1. The first-order valence-electron chi connectivity index (χ1n) is 9.94. The molecule has 2 aromatic heterocycles. The van der Waals surface area contributed by atoms with E-state index in [1.807, 2.05) is 30.3 Å². The molecule has 0 spiro atoms. The molecule has 2 heterocycles. The number of para-hydroxylation sites is 1. The molecular formula is C23H16N4O5S2. The van der Waals surface area contributed by atoms with Gasteiger partial charge in [-0.15, -0.1) is 0 Å². The molecule has 0 amide bonds. The molecule has 9 nitrogen and oxygen atoms in total. The molecule has 1 N–H and O–H groups in total. The van der Waals surface area contributed by atoms with Gasteiger partial charge in [0.2, 0.25) is 0 Å². The van der Waals surface area contributed by atoms with Crippen molar-refractivity contribution in [1.82, 2.24) is 15.3 Å². The Bertz CT molecular complexity index is 1630. The molecule has 0 aliphatic carbocycles. The van der Waals surface area contributed by atoms with Gasteiger partial charge >= 0.3 is 5.97 Å². The Morgan fingerprint density at radius 3 is 2.44 bits per heavy atom. The number of hydrogen-bond donors (Lipinski definition) is 1. The first-order valence-corrected chi connectivity index (χ1v) is 12.2. The summed E-state index contributed by atoms with van der Waals surface area (Å²) in [6, 6.07) is 18.7. The summed E-state index contributed by atoms with van der Waals surface area (Å²) in [5.41, 5.74) is 1.84. The molecule has 0 aliphatic rings. The molecule has 5 aromatic rings. The van der Waals surface area contributed by atoms with E-state index in [0.29, 0.717) is 16.0 Å². The van der Waals surface area contributed by atoms with Crippen LogP contribution in [-0.2, 0) is 14.8 Å². The minimum absolute atomic E-state index is 0.0822. The Hall–Kier alpha value is -3.96. The lowest BCUT2D eigenvalue weighted by Gasteiger charge is -2.10. The third-order valence-corrected chi connectivity index (χ3v) is 7.52. The molecule has 0 unspecified atom stereocenters. The monoisotopic (exact) mass is 492 g/mol. The van der Waals surface area contributed by atoms with Gasteiger partial charge in [-0.25, -0.2) is 17.8 Å². The topological polar surface area (TPSA) is 124 Å². The number of esters is 1. The second kappa shape index (κ2) is 8.76. The summed E-state index contributed by atoms with van der Waals surface area (Å²) in [7, 11) is -2.75. The molecule has 0 saturated carbocycles. The lowest BCUT2D eigenvalue weighted by atomic mass is 10.2. The van der Waals surface area contributed by atoms with Crippen LogP contribution in [0.1, 0.15) is 10.4 Å². The SMILES string of the molecule is COC(=O)c1ccc(NS(=O)(=O)c2ccc(Sc3cccc4cccnc34)c3nonc23)cc1. The quantitative estimate of drug-likeness (QED) is 0.341. The van der Waals surface area contributed by atoms with E-state index in [9.17, 15) is 13.2 Å². The molecule has 0 bridgehead atoms. The number of methoxy groups -OCH3 is 1. The second-order valence-corrected chi connectivity index (χ2v) is 9.87. The van der Waals surface area contributed by atoms with Crippen molar-refractivity contribution in [3.05, 3.63) is 78.5 Å². The van der Waals surface area contributed by atoms with Crippen LogP contribution in [-0.4, -0.2) is 36.8 Å². The summed E-state index contributed by atoms with van der Waals surface area (Å²) in [4.78, 5) is 17.5. The number of hydrogen-bond acceptors (Lipinski definition) is 9. The van der Waals surface area contributed by atoms with Crippen molar-refractivity contribution in [3.63, 3.8) is 0 Å². The van der Waals surface area contributed by atoms with E-state index in [4.69, 9.17) is 4.63 Å². The van der Waals surface area contributed by atoms with Crippen LogP contribution >= 0.6 is 11.8 Å². The van der Waals surface area contributed by atoms with Gasteiger partial charge in [0.25, 0.3) is 10.0 Å². The highest BCUT2D eigenvalue weighted by molar-refractivity contribution is 7.99. The van der Waals surface area contributed by atoms with E-state index >= 15 is 0 Å². The van der Waals surface area contributed by atoms with Gasteiger partial charge in [0.1, 0.15) is 4.90 Å². The minimum atomic E-state index is -4.02. The van der Waals surface area contributed by atoms with Crippen molar-refractivity contribution in [2.45, 2.75) is 14.7 Å². The van der Waals surface area contributed by atoms with Crippen LogP contribution < -0.4 is 4.72 Å². The molecule has 3 aromatic carbocycles. The van der Waals surface area contributed by atoms with Crippen molar-refractivity contribution in [3.8, 4) is 0 Å². The maximum atomic E-state index is 13.1. The van der Waals surface area contributed by atoms with Crippen LogP contribution in [0.15, 0.2) is 92.2 Å². The number of carbonyl (C=O) groups excluding carboxylic acids is 1. The van der Waals surface area contributed by atoms with E-state index in [-0.39, 0.29) is 16.1 Å². The van der Waals surface area contributed by atoms with Crippen LogP contribution in [0, 0.1) is 0 Å². The highest BCUT2D eigenvalue weighted by Gasteiger charge is 2.23. The molecule has 0 fully saturated rings. The standard InChI is InChI=1S/C23H16N4O5S2/c1-31-23(28)15-7-9-16(10-8-15)27-34(29,30)19-12-11-18(21-22(19)26-32-25-21)33-17-6-2-4-14-5-3-13-24-20(14)17/h2-13,27H,1H3. The van der Waals surface area contributed by atoms with Gasteiger partial charge in [0, 0.05) is 27.1 Å². The van der Waals surface area contributed by atoms with Gasteiger partial charge in [-0.05, 0) is 58.8 Å². The number of fused-ring (bicyclic) bond motifs is 2. The van der Waals surface area contributed by atoms with Crippen LogP contribution in [0.25, 0.3) is 21.9 Å². The number of sulfonamides is 1. The van der Waals surface area contributed by atoms with Crippen molar-refractivity contribution in [2.24, 2.45) is 0 Å². The van der Waals surface area contributed by atoms with Gasteiger partial charge in [0.05, 0.1) is 18.2 Å². The summed E-state index contributed by atoms with van der Waals surface area (Å²) in [5.74, 6) is -0.515. The van der Waals surface area contributed by atoms with Gasteiger partial charge < -0.3 is 4.74 Å². The molecular weight excluding hydrogens is 476 g/mol. The third kappa shape index (κ3) is 4.06. The number of carbonyl (C=O) groups is 1. The van der Waals surface area contributed by atoms with Crippen molar-refractivity contribution >= 4 is 55.4 Å². The summed E-state index contributed by atoms with van der Waals surface area (Å²) < 4.78 is 38.2. The number of pyridine rings is 1. The van der Waals surface area contributed by atoms with Gasteiger partial charge in [0.15, 0.2) is 11.0 Å². The predicted octanol–water partition coefficient (Wildman–Crippen LogP) is 4.51. The Morgan fingerprint density at radius 1 is 0.912 bits per heavy atom. The second-order valence-electron chi connectivity index (χ2n) is 7.13. The molecule has 170 valence electrons. The lowest BCUT2D eigenvalue weighted by molar-refractivity contribution is 0.0600. The molecule has 0 radical (unpaired) electrons. The fourth-order valence-corrected chi connectivity index (χ4v) is 5.61. The highest BCUT2D eigenvalue weighted by atomic mass is 32.2. The third-order valence-electron chi connectivity index (χ3n) is 5.00. The number of aromatic nitrogens is 3. The van der Waals surface area contributed by atoms with Crippen LogP contribution in [0.5, 0.6) is 0 Å². The zero-order valence-corrected chi connectivity index (χ0v) is 19.3. The first kappa shape index (κ1) is 21.9. The predicted molar refractivity (Wildman–Crippen MR) is 126 cm³/mol. The van der Waals surface area contributed by atoms with Crippen molar-refractivity contribution < 1.29 is 22.6 Å². The largest absolute Gasteiger partial charge is 0.465 e. The Balaban J connectivity index is 1.48. The fraction of sp³-hybridized carbons (Fsp3) is 0.0435. The van der Waals surface area contributed by atoms with E-state index in [0.717, 1.165) is 15.8 Å². The minimum Gasteiger partial charge on any atom is -0.465 e. The molecule has 34 heavy (non-hydrogen) atoms. The van der Waals surface area contributed by atoms with E-state index < -0.39 is 16.0 Å². The highest BCUT2D eigenvalue weighted by Crippen LogP contribution is 2.37. The maximum Gasteiger partial charge on any atom is 0.337 e. The van der Waals surface area contributed by atoms with E-state index in [1.165, 1.54) is 49.2 Å². The molecule has 5 rings (SSSR count). The first-order chi connectivity index (χ1) is 16.5. The molecule has 0 atom stereocenters. The zero-order chi connectivity index (χ0) is 23.7. The summed E-state index contributed by atoms with van der Waals surface area (Å²) in [6.07, 6.45) is 1.72. The van der Waals surface area contributed by atoms with Crippen LogP contribution in [0.4, 0.5) is 5.69 Å². The average molecular weight is 493 g/mol. The zero-order valence-electron chi connectivity index (χ0n) is 17.6. The average Bonchev–Trinajstić information content (AvgIpc) is 3.34. The molecule has 0 aliphatic heterocycles. The lowest BCUT2D eigenvalue weighted by Crippen LogP contribution is -2.14. The normalized spacial score (nSPS) is 11.6. The summed E-state index contributed by atoms with van der Waals surface area (Å²) >= 11 is 1.40. The van der Waals surface area contributed by atoms with Crippen molar-refractivity contribution in [1.29, 1.82) is 0 Å². The maximum absolute atomic E-state index is 13.1. The Labute approximate surface area is 198 Å². The summed E-state index contributed by atoms with van der Waals surface area (Å²) in [6.45, 7) is 0. The van der Waals surface area contributed by atoms with E-state index in [1.54, 1.807) is 12.3 Å². The smallest absolute Gasteiger partial charge is 0.337 e. The Kier molecular flexibility index (Phi) is 5.64. The number of benzene rings is 3. The molecule has 11 heteroatoms. The van der Waals surface area contributed by atoms with Crippen LogP contribution in [0.3, 0.4) is 0 Å². The number of nitrogens with zero attached hydrogens (tertiary/aromatic N) is 3. The number of ether oxygens (including phenoxy) is 1. The fourth-order valence-electron chi connectivity index (χ4n) is 3.40. The number of rotatable bonds is 6. The van der Waals surface area contributed by atoms with Gasteiger partial charge in [-0.1, -0.05) is 30.0 Å². The Morgan fingerprint density at radius 2 is 1.65 bits per heavy atom.